The molecule has 0 N–H and O–H groups in total. The van der Waals surface area contributed by atoms with E-state index in [1.54, 1.807) is 0 Å². The maximum atomic E-state index is 13.2. The fourth-order valence-electron chi connectivity index (χ4n) is 1.15. The zero-order valence-corrected chi connectivity index (χ0v) is 11.0. The maximum absolute atomic E-state index is 13.2. The highest BCUT2D eigenvalue weighted by molar-refractivity contribution is 9.10. The van der Waals surface area contributed by atoms with Crippen molar-refractivity contribution in [2.45, 2.75) is 6.18 Å². The number of nitro groups is 1. The number of halogens is 5. The van der Waals surface area contributed by atoms with E-state index in [4.69, 9.17) is 5.26 Å². The molecule has 1 aromatic carbocycles. The zero-order valence-electron chi connectivity index (χ0n) is 9.45. The number of alkyl halides is 3. The van der Waals surface area contributed by atoms with Gasteiger partial charge in [-0.1, -0.05) is 0 Å². The van der Waals surface area contributed by atoms with E-state index in [9.17, 15) is 27.7 Å². The van der Waals surface area contributed by atoms with Gasteiger partial charge in [0.15, 0.2) is 11.7 Å². The average molecular weight is 357 g/mol. The summed E-state index contributed by atoms with van der Waals surface area (Å²) in [5.74, 6) is -4.08. The second-order valence-corrected chi connectivity index (χ2v) is 4.38. The molecule has 0 heterocycles. The van der Waals surface area contributed by atoms with Crippen LogP contribution in [0.3, 0.4) is 0 Å². The Balaban J connectivity index is 3.01. The predicted molar refractivity (Wildman–Crippen MR) is 61.4 cm³/mol. The standard InChI is InChI=1S/C10H5BrF4N2O3/c11-6-1-8(17(18)19)9(2-7(6)12)20-4-5(3-16)10(13,14)15/h1-2,5H,4H2. The Bertz CT molecular complexity index is 571. The van der Waals surface area contributed by atoms with Crippen molar-refractivity contribution in [3.63, 3.8) is 0 Å². The van der Waals surface area contributed by atoms with E-state index < -0.39 is 40.9 Å². The Morgan fingerprint density at radius 2 is 2.10 bits per heavy atom. The fourth-order valence-corrected chi connectivity index (χ4v) is 1.49. The van der Waals surface area contributed by atoms with E-state index >= 15 is 0 Å². The summed E-state index contributed by atoms with van der Waals surface area (Å²) in [5, 5.41) is 19.0. The fraction of sp³-hybridized carbons (Fsp3) is 0.300. The quantitative estimate of drug-likeness (QED) is 0.469. The molecule has 0 saturated carbocycles. The summed E-state index contributed by atoms with van der Waals surface area (Å²) in [6, 6.07) is 2.30. The Kier molecular flexibility index (Phi) is 4.88. The monoisotopic (exact) mass is 356 g/mol. The zero-order chi connectivity index (χ0) is 15.5. The Morgan fingerprint density at radius 3 is 2.55 bits per heavy atom. The third kappa shape index (κ3) is 3.80. The Labute approximate surface area is 118 Å². The van der Waals surface area contributed by atoms with Gasteiger partial charge in [0, 0.05) is 12.1 Å². The first-order valence-corrected chi connectivity index (χ1v) is 5.68. The van der Waals surface area contributed by atoms with Gasteiger partial charge in [-0.05, 0) is 15.9 Å². The molecule has 10 heteroatoms. The van der Waals surface area contributed by atoms with E-state index in [0.717, 1.165) is 12.1 Å². The first-order valence-electron chi connectivity index (χ1n) is 4.89. The summed E-state index contributed by atoms with van der Waals surface area (Å²) in [6.45, 7) is -1.16. The van der Waals surface area contributed by atoms with Crippen LogP contribution in [0.5, 0.6) is 5.75 Å². The molecule has 1 rings (SSSR count). The Morgan fingerprint density at radius 1 is 1.50 bits per heavy atom. The number of nitro benzene ring substituents is 1. The van der Waals surface area contributed by atoms with Gasteiger partial charge >= 0.3 is 11.9 Å². The van der Waals surface area contributed by atoms with Gasteiger partial charge in [-0.15, -0.1) is 0 Å². The van der Waals surface area contributed by atoms with Crippen molar-refractivity contribution in [3.8, 4) is 11.8 Å². The largest absolute Gasteiger partial charge is 0.485 e. The van der Waals surface area contributed by atoms with Crippen LogP contribution in [0.15, 0.2) is 16.6 Å². The topological polar surface area (TPSA) is 76.2 Å². The molecule has 0 saturated heterocycles. The number of rotatable bonds is 4. The highest BCUT2D eigenvalue weighted by Crippen LogP contribution is 2.34. The minimum atomic E-state index is -4.84. The number of nitrogens with zero attached hydrogens (tertiary/aromatic N) is 2. The molecule has 20 heavy (non-hydrogen) atoms. The molecule has 0 radical (unpaired) electrons. The maximum Gasteiger partial charge on any atom is 0.407 e. The van der Waals surface area contributed by atoms with Crippen LogP contribution in [0.4, 0.5) is 23.2 Å². The SMILES string of the molecule is N#CC(COc1cc(F)c(Br)cc1[N+](=O)[O-])C(F)(F)F. The van der Waals surface area contributed by atoms with Gasteiger partial charge in [-0.3, -0.25) is 10.1 Å². The van der Waals surface area contributed by atoms with Crippen LogP contribution >= 0.6 is 15.9 Å². The van der Waals surface area contributed by atoms with E-state index in [1.807, 2.05) is 0 Å². The predicted octanol–water partition coefficient (Wildman–Crippen LogP) is 3.58. The average Bonchev–Trinajstić information content (AvgIpc) is 2.31. The molecule has 0 aliphatic rings. The molecular weight excluding hydrogens is 352 g/mol. The lowest BCUT2D eigenvalue weighted by atomic mass is 10.2. The summed E-state index contributed by atoms with van der Waals surface area (Å²) in [4.78, 5) is 9.76. The molecule has 0 aromatic heterocycles. The number of hydrogen-bond donors (Lipinski definition) is 0. The normalized spacial score (nSPS) is 12.6. The lowest BCUT2D eigenvalue weighted by molar-refractivity contribution is -0.386. The molecule has 0 amide bonds. The summed E-state index contributed by atoms with van der Waals surface area (Å²) < 4.78 is 54.5. The van der Waals surface area contributed by atoms with Gasteiger partial charge in [-0.25, -0.2) is 4.39 Å². The second-order valence-electron chi connectivity index (χ2n) is 3.53. The molecule has 0 bridgehead atoms. The van der Waals surface area contributed by atoms with Crippen molar-refractivity contribution in [2.75, 3.05) is 6.61 Å². The van der Waals surface area contributed by atoms with Crippen molar-refractivity contribution < 1.29 is 27.2 Å². The van der Waals surface area contributed by atoms with Gasteiger partial charge in [0.25, 0.3) is 0 Å². The van der Waals surface area contributed by atoms with Gasteiger partial charge in [-0.2, -0.15) is 18.4 Å². The highest BCUT2D eigenvalue weighted by atomic mass is 79.9. The third-order valence-electron chi connectivity index (χ3n) is 2.16. The van der Waals surface area contributed by atoms with E-state index in [-0.39, 0.29) is 4.47 Å². The molecule has 108 valence electrons. The van der Waals surface area contributed by atoms with Crippen LogP contribution < -0.4 is 4.74 Å². The first kappa shape index (κ1) is 16.2. The van der Waals surface area contributed by atoms with Crippen LogP contribution in [0.25, 0.3) is 0 Å². The second kappa shape index (κ2) is 6.04. The van der Waals surface area contributed by atoms with Gasteiger partial charge in [0.1, 0.15) is 12.4 Å². The Hall–Kier alpha value is -1.89. The summed E-state index contributed by atoms with van der Waals surface area (Å²) in [5.41, 5.74) is -0.711. The summed E-state index contributed by atoms with van der Waals surface area (Å²) >= 11 is 2.71. The molecule has 1 aromatic rings. The smallest absolute Gasteiger partial charge is 0.407 e. The molecule has 1 atom stereocenters. The number of hydrogen-bond acceptors (Lipinski definition) is 4. The highest BCUT2D eigenvalue weighted by Gasteiger charge is 2.41. The number of benzene rings is 1. The van der Waals surface area contributed by atoms with E-state index in [1.165, 1.54) is 0 Å². The van der Waals surface area contributed by atoms with Gasteiger partial charge in [0.05, 0.1) is 15.5 Å². The van der Waals surface area contributed by atoms with Crippen molar-refractivity contribution in [1.29, 1.82) is 5.26 Å². The number of ether oxygens (including phenoxy) is 1. The summed E-state index contributed by atoms with van der Waals surface area (Å²) in [6.07, 6.45) is -4.84. The lowest BCUT2D eigenvalue weighted by Gasteiger charge is -2.14. The van der Waals surface area contributed by atoms with Crippen molar-refractivity contribution >= 4 is 21.6 Å². The van der Waals surface area contributed by atoms with Gasteiger partial charge in [0.2, 0.25) is 0 Å². The molecule has 0 spiro atoms. The van der Waals surface area contributed by atoms with Gasteiger partial charge < -0.3 is 4.74 Å². The molecule has 5 nitrogen and oxygen atoms in total. The molecule has 0 aliphatic carbocycles. The molecule has 0 aliphatic heterocycles. The van der Waals surface area contributed by atoms with Crippen molar-refractivity contribution in [3.05, 3.63) is 32.5 Å². The van der Waals surface area contributed by atoms with E-state index in [2.05, 4.69) is 20.7 Å². The molecule has 0 fully saturated rings. The van der Waals surface area contributed by atoms with Crippen LogP contribution in [-0.4, -0.2) is 17.7 Å². The van der Waals surface area contributed by atoms with Crippen LogP contribution in [0, 0.1) is 33.2 Å². The van der Waals surface area contributed by atoms with Crippen molar-refractivity contribution in [2.24, 2.45) is 5.92 Å². The summed E-state index contributed by atoms with van der Waals surface area (Å²) in [7, 11) is 0. The van der Waals surface area contributed by atoms with E-state index in [0.29, 0.717) is 6.07 Å². The molecular formula is C10H5BrF4N2O3. The van der Waals surface area contributed by atoms with Crippen molar-refractivity contribution in [1.82, 2.24) is 0 Å². The lowest BCUT2D eigenvalue weighted by Crippen LogP contribution is -2.27. The molecule has 1 unspecified atom stereocenters. The third-order valence-corrected chi connectivity index (χ3v) is 2.76. The van der Waals surface area contributed by atoms with Crippen LogP contribution in [0.1, 0.15) is 0 Å². The minimum Gasteiger partial charge on any atom is -0.485 e. The number of nitriles is 1. The minimum absolute atomic E-state index is 0.232. The van der Waals surface area contributed by atoms with Crippen LogP contribution in [-0.2, 0) is 0 Å². The van der Waals surface area contributed by atoms with Crippen LogP contribution in [0.2, 0.25) is 0 Å². The first-order chi connectivity index (χ1) is 9.16.